The van der Waals surface area contributed by atoms with Crippen LogP contribution in [0.1, 0.15) is 34.6 Å². The molecule has 106 valence electrons. The van der Waals surface area contributed by atoms with Crippen LogP contribution < -0.4 is 10.1 Å². The molecule has 0 saturated heterocycles. The third kappa shape index (κ3) is 6.60. The van der Waals surface area contributed by atoms with Gasteiger partial charge in [0.2, 0.25) is 0 Å². The van der Waals surface area contributed by atoms with Gasteiger partial charge in [0.15, 0.2) is 5.78 Å². The van der Waals surface area contributed by atoms with Crippen LogP contribution in [0, 0.1) is 5.92 Å². The highest BCUT2D eigenvalue weighted by Crippen LogP contribution is 2.09. The first-order valence-corrected chi connectivity index (χ1v) is 6.54. The summed E-state index contributed by atoms with van der Waals surface area (Å²) in [6.07, 6.45) is -0.606. The maximum absolute atomic E-state index is 11.5. The second-order valence-corrected chi connectivity index (χ2v) is 4.18. The van der Waals surface area contributed by atoms with Gasteiger partial charge in [-0.05, 0) is 25.0 Å². The summed E-state index contributed by atoms with van der Waals surface area (Å²) in [5.41, 5.74) is 0. The average Bonchev–Trinajstić information content (AvgIpc) is 2.39. The Bertz CT molecular complexity index is 388. The lowest BCUT2D eigenvalue weighted by Crippen LogP contribution is -2.44. The number of hydrogen-bond acceptors (Lipinski definition) is 3. The standard InChI is InChI=1S/C13H17NO3.C2H6/c1-9(2)12(10(3)15)14-13(16)17-11-7-5-4-6-8-11;1-2/h4-9,12H,1-3H3,(H,14,16);1-2H3. The van der Waals surface area contributed by atoms with Crippen LogP contribution in [0.4, 0.5) is 4.79 Å². The van der Waals surface area contributed by atoms with E-state index in [2.05, 4.69) is 5.32 Å². The van der Waals surface area contributed by atoms with Crippen LogP contribution in [-0.4, -0.2) is 17.9 Å². The van der Waals surface area contributed by atoms with E-state index in [1.54, 1.807) is 24.3 Å². The van der Waals surface area contributed by atoms with E-state index in [-0.39, 0.29) is 11.7 Å². The maximum atomic E-state index is 11.5. The zero-order chi connectivity index (χ0) is 14.8. The van der Waals surface area contributed by atoms with Crippen LogP contribution in [0.3, 0.4) is 0 Å². The highest BCUT2D eigenvalue weighted by molar-refractivity contribution is 5.86. The molecular weight excluding hydrogens is 242 g/mol. The number of benzene rings is 1. The number of ether oxygens (including phenoxy) is 1. The highest BCUT2D eigenvalue weighted by atomic mass is 16.6. The molecule has 0 radical (unpaired) electrons. The Morgan fingerprint density at radius 3 is 2.05 bits per heavy atom. The molecule has 0 aliphatic rings. The fourth-order valence-corrected chi connectivity index (χ4v) is 1.49. The van der Waals surface area contributed by atoms with E-state index in [0.717, 1.165) is 0 Å². The fourth-order valence-electron chi connectivity index (χ4n) is 1.49. The van der Waals surface area contributed by atoms with Gasteiger partial charge in [0.05, 0.1) is 6.04 Å². The molecule has 1 unspecified atom stereocenters. The van der Waals surface area contributed by atoms with Gasteiger partial charge < -0.3 is 10.1 Å². The summed E-state index contributed by atoms with van der Waals surface area (Å²) in [4.78, 5) is 22.8. The molecule has 1 amide bonds. The van der Waals surface area contributed by atoms with E-state index in [1.807, 2.05) is 33.8 Å². The Balaban J connectivity index is 0.00000154. The predicted molar refractivity (Wildman–Crippen MR) is 76.3 cm³/mol. The van der Waals surface area contributed by atoms with Crippen molar-refractivity contribution in [3.8, 4) is 5.75 Å². The van der Waals surface area contributed by atoms with Crippen molar-refractivity contribution < 1.29 is 14.3 Å². The first-order valence-electron chi connectivity index (χ1n) is 6.54. The number of nitrogens with one attached hydrogen (secondary N) is 1. The van der Waals surface area contributed by atoms with Crippen molar-refractivity contribution in [3.63, 3.8) is 0 Å². The number of carbonyl (C=O) groups excluding carboxylic acids is 2. The van der Waals surface area contributed by atoms with Crippen molar-refractivity contribution in [1.29, 1.82) is 0 Å². The Labute approximate surface area is 115 Å². The molecule has 0 aliphatic carbocycles. The molecule has 1 rings (SSSR count). The molecule has 4 nitrogen and oxygen atoms in total. The van der Waals surface area contributed by atoms with E-state index < -0.39 is 12.1 Å². The topological polar surface area (TPSA) is 55.4 Å². The molecular formula is C15H23NO3. The summed E-state index contributed by atoms with van der Waals surface area (Å²) < 4.78 is 5.04. The van der Waals surface area contributed by atoms with Crippen LogP contribution in [0.15, 0.2) is 30.3 Å². The predicted octanol–water partition coefficient (Wildman–Crippen LogP) is 3.41. The number of para-hydroxylation sites is 1. The molecule has 0 heterocycles. The molecule has 0 spiro atoms. The van der Waals surface area contributed by atoms with Crippen molar-refractivity contribution in [2.24, 2.45) is 5.92 Å². The van der Waals surface area contributed by atoms with Crippen molar-refractivity contribution in [3.05, 3.63) is 30.3 Å². The third-order valence-corrected chi connectivity index (χ3v) is 2.33. The zero-order valence-corrected chi connectivity index (χ0v) is 12.3. The zero-order valence-electron chi connectivity index (χ0n) is 12.3. The van der Waals surface area contributed by atoms with Gasteiger partial charge in [-0.3, -0.25) is 4.79 Å². The number of ketones is 1. The molecule has 1 N–H and O–H groups in total. The number of Topliss-reactive ketones (excluding diaryl/α,β-unsaturated/α-hetero) is 1. The largest absolute Gasteiger partial charge is 0.413 e. The number of rotatable bonds is 4. The van der Waals surface area contributed by atoms with Crippen molar-refractivity contribution in [2.45, 2.75) is 40.7 Å². The van der Waals surface area contributed by atoms with Crippen LogP contribution in [0.5, 0.6) is 5.75 Å². The molecule has 0 saturated carbocycles. The number of amides is 1. The minimum Gasteiger partial charge on any atom is -0.410 e. The molecule has 1 aromatic rings. The Kier molecular flexibility index (Phi) is 8.25. The lowest BCUT2D eigenvalue weighted by molar-refractivity contribution is -0.119. The molecule has 1 atom stereocenters. The van der Waals surface area contributed by atoms with E-state index in [9.17, 15) is 9.59 Å². The van der Waals surface area contributed by atoms with Crippen molar-refractivity contribution >= 4 is 11.9 Å². The summed E-state index contributed by atoms with van der Waals surface area (Å²) >= 11 is 0. The van der Waals surface area contributed by atoms with Gasteiger partial charge in [-0.25, -0.2) is 4.79 Å². The summed E-state index contributed by atoms with van der Waals surface area (Å²) in [6.45, 7) is 9.19. The SMILES string of the molecule is CC.CC(=O)C(NC(=O)Oc1ccccc1)C(C)C. The van der Waals surface area contributed by atoms with Crippen LogP contribution >= 0.6 is 0 Å². The minimum atomic E-state index is -0.606. The second kappa shape index (κ2) is 9.14. The molecule has 0 bridgehead atoms. The van der Waals surface area contributed by atoms with Gasteiger partial charge in [0.25, 0.3) is 0 Å². The smallest absolute Gasteiger partial charge is 0.410 e. The molecule has 0 fully saturated rings. The van der Waals surface area contributed by atoms with Gasteiger partial charge in [0.1, 0.15) is 5.75 Å². The Hall–Kier alpha value is -1.84. The van der Waals surface area contributed by atoms with Crippen LogP contribution in [0.25, 0.3) is 0 Å². The van der Waals surface area contributed by atoms with Crippen LogP contribution in [0.2, 0.25) is 0 Å². The summed E-state index contributed by atoms with van der Waals surface area (Å²) in [7, 11) is 0. The fraction of sp³-hybridized carbons (Fsp3) is 0.467. The minimum absolute atomic E-state index is 0.0378. The third-order valence-electron chi connectivity index (χ3n) is 2.33. The lowest BCUT2D eigenvalue weighted by Gasteiger charge is -2.18. The monoisotopic (exact) mass is 265 g/mol. The summed E-state index contributed by atoms with van der Waals surface area (Å²) in [6, 6.07) is 8.22. The van der Waals surface area contributed by atoms with Gasteiger partial charge in [0, 0.05) is 0 Å². The maximum Gasteiger partial charge on any atom is 0.413 e. The van der Waals surface area contributed by atoms with Crippen molar-refractivity contribution in [1.82, 2.24) is 5.32 Å². The summed E-state index contributed by atoms with van der Waals surface area (Å²) in [5, 5.41) is 2.55. The molecule has 0 aromatic heterocycles. The number of hydrogen-bond donors (Lipinski definition) is 1. The van der Waals surface area contributed by atoms with E-state index in [0.29, 0.717) is 5.75 Å². The Morgan fingerprint density at radius 2 is 1.63 bits per heavy atom. The van der Waals surface area contributed by atoms with E-state index in [4.69, 9.17) is 4.74 Å². The van der Waals surface area contributed by atoms with Gasteiger partial charge in [-0.15, -0.1) is 0 Å². The Morgan fingerprint density at radius 1 is 1.11 bits per heavy atom. The lowest BCUT2D eigenvalue weighted by atomic mass is 10.0. The first kappa shape index (κ1) is 17.2. The first-order chi connectivity index (χ1) is 9.00. The average molecular weight is 265 g/mol. The molecule has 19 heavy (non-hydrogen) atoms. The van der Waals surface area contributed by atoms with Crippen molar-refractivity contribution in [2.75, 3.05) is 0 Å². The van der Waals surface area contributed by atoms with E-state index in [1.165, 1.54) is 6.92 Å². The highest BCUT2D eigenvalue weighted by Gasteiger charge is 2.21. The van der Waals surface area contributed by atoms with Crippen LogP contribution in [-0.2, 0) is 4.79 Å². The second-order valence-electron chi connectivity index (χ2n) is 4.18. The summed E-state index contributed by atoms with van der Waals surface area (Å²) in [5.74, 6) is 0.414. The normalized spacial score (nSPS) is 11.1. The quantitative estimate of drug-likeness (QED) is 0.907. The molecule has 0 aliphatic heterocycles. The van der Waals surface area contributed by atoms with Gasteiger partial charge in [-0.2, -0.15) is 0 Å². The molecule has 4 heteroatoms. The number of carbonyl (C=O) groups is 2. The van der Waals surface area contributed by atoms with Gasteiger partial charge in [-0.1, -0.05) is 45.9 Å². The van der Waals surface area contributed by atoms with Gasteiger partial charge >= 0.3 is 6.09 Å². The van der Waals surface area contributed by atoms with E-state index >= 15 is 0 Å². The molecule has 1 aromatic carbocycles.